The maximum atomic E-state index is 5.84. The van der Waals surface area contributed by atoms with E-state index < -0.39 is 0 Å². The Morgan fingerprint density at radius 3 is 2.94 bits per heavy atom. The maximum absolute atomic E-state index is 5.84. The van der Waals surface area contributed by atoms with E-state index in [2.05, 4.69) is 12.2 Å². The van der Waals surface area contributed by atoms with Crippen LogP contribution in [-0.4, -0.2) is 6.61 Å². The lowest BCUT2D eigenvalue weighted by atomic mass is 10.2. The molecular formula is C14H18N2O2. The van der Waals surface area contributed by atoms with E-state index >= 15 is 0 Å². The molecule has 1 aromatic carbocycles. The molecule has 0 saturated carbocycles. The van der Waals surface area contributed by atoms with Gasteiger partial charge in [-0.3, -0.25) is 0 Å². The molecule has 0 amide bonds. The molecule has 0 fully saturated rings. The topological polar surface area (TPSA) is 60.4 Å². The fraction of sp³-hybridized carbons (Fsp3) is 0.286. The third kappa shape index (κ3) is 3.45. The zero-order valence-corrected chi connectivity index (χ0v) is 10.5. The molecule has 2 aromatic rings. The molecule has 0 aliphatic rings. The minimum atomic E-state index is 0.693. The second kappa shape index (κ2) is 6.00. The first kappa shape index (κ1) is 12.4. The van der Waals surface area contributed by atoms with Crippen LogP contribution in [0.3, 0.4) is 0 Å². The van der Waals surface area contributed by atoms with Crippen LogP contribution in [0.15, 0.2) is 41.2 Å². The molecule has 0 bridgehead atoms. The number of furan rings is 1. The van der Waals surface area contributed by atoms with Gasteiger partial charge >= 0.3 is 0 Å². The Kier molecular flexibility index (Phi) is 4.12. The summed E-state index contributed by atoms with van der Waals surface area (Å²) >= 11 is 0. The van der Waals surface area contributed by atoms with Crippen LogP contribution in [0.4, 0.5) is 11.4 Å². The molecule has 4 heteroatoms. The number of nitrogens with two attached hydrogens (primary N) is 1. The lowest BCUT2D eigenvalue weighted by Gasteiger charge is -2.10. The van der Waals surface area contributed by atoms with Gasteiger partial charge in [0, 0.05) is 35.6 Å². The van der Waals surface area contributed by atoms with Gasteiger partial charge < -0.3 is 20.2 Å². The molecular weight excluding hydrogens is 228 g/mol. The van der Waals surface area contributed by atoms with Gasteiger partial charge in [0.2, 0.25) is 0 Å². The first-order chi connectivity index (χ1) is 8.78. The number of rotatable bonds is 6. The SMILES string of the molecule is CCCOc1cc(N)cc(NCc2ccoc2)c1. The quantitative estimate of drug-likeness (QED) is 0.768. The molecule has 0 aliphatic carbocycles. The summed E-state index contributed by atoms with van der Waals surface area (Å²) in [6, 6.07) is 7.59. The van der Waals surface area contributed by atoms with Gasteiger partial charge in [-0.05, 0) is 18.6 Å². The van der Waals surface area contributed by atoms with Crippen molar-refractivity contribution in [3.05, 3.63) is 42.4 Å². The van der Waals surface area contributed by atoms with Gasteiger partial charge in [-0.2, -0.15) is 0 Å². The summed E-state index contributed by atoms with van der Waals surface area (Å²) in [5, 5.41) is 3.28. The zero-order valence-electron chi connectivity index (χ0n) is 10.5. The third-order valence-electron chi connectivity index (χ3n) is 2.48. The van der Waals surface area contributed by atoms with E-state index in [0.717, 1.165) is 23.4 Å². The summed E-state index contributed by atoms with van der Waals surface area (Å²) in [7, 11) is 0. The predicted molar refractivity (Wildman–Crippen MR) is 72.7 cm³/mol. The van der Waals surface area contributed by atoms with Crippen molar-refractivity contribution in [1.29, 1.82) is 0 Å². The van der Waals surface area contributed by atoms with Crippen LogP contribution in [0.25, 0.3) is 0 Å². The number of hydrogen-bond acceptors (Lipinski definition) is 4. The van der Waals surface area contributed by atoms with Crippen molar-refractivity contribution in [2.75, 3.05) is 17.7 Å². The number of benzene rings is 1. The molecule has 1 aromatic heterocycles. The normalized spacial score (nSPS) is 10.3. The van der Waals surface area contributed by atoms with E-state index in [-0.39, 0.29) is 0 Å². The van der Waals surface area contributed by atoms with Crippen LogP contribution in [-0.2, 0) is 6.54 Å². The highest BCUT2D eigenvalue weighted by Crippen LogP contribution is 2.23. The molecule has 0 unspecified atom stereocenters. The molecule has 1 heterocycles. The van der Waals surface area contributed by atoms with Crippen molar-refractivity contribution in [1.82, 2.24) is 0 Å². The highest BCUT2D eigenvalue weighted by atomic mass is 16.5. The van der Waals surface area contributed by atoms with Gasteiger partial charge in [0.05, 0.1) is 19.1 Å². The van der Waals surface area contributed by atoms with Crippen LogP contribution in [0.1, 0.15) is 18.9 Å². The molecule has 2 rings (SSSR count). The molecule has 96 valence electrons. The number of nitrogen functional groups attached to an aromatic ring is 1. The van der Waals surface area contributed by atoms with Crippen LogP contribution in [0.5, 0.6) is 5.75 Å². The highest BCUT2D eigenvalue weighted by Gasteiger charge is 2.01. The fourth-order valence-electron chi connectivity index (χ4n) is 1.62. The first-order valence-electron chi connectivity index (χ1n) is 6.06. The summed E-state index contributed by atoms with van der Waals surface area (Å²) < 4.78 is 10.6. The van der Waals surface area contributed by atoms with Crippen molar-refractivity contribution in [3.8, 4) is 5.75 Å². The Bertz CT molecular complexity index is 481. The monoisotopic (exact) mass is 246 g/mol. The average Bonchev–Trinajstić information content (AvgIpc) is 2.86. The fourth-order valence-corrected chi connectivity index (χ4v) is 1.62. The Hall–Kier alpha value is -2.10. The number of hydrogen-bond donors (Lipinski definition) is 2. The molecule has 0 spiro atoms. The zero-order chi connectivity index (χ0) is 12.8. The van der Waals surface area contributed by atoms with Crippen LogP contribution >= 0.6 is 0 Å². The Morgan fingerprint density at radius 1 is 1.33 bits per heavy atom. The smallest absolute Gasteiger partial charge is 0.123 e. The average molecular weight is 246 g/mol. The second-order valence-electron chi connectivity index (χ2n) is 4.12. The lowest BCUT2D eigenvalue weighted by molar-refractivity contribution is 0.318. The lowest BCUT2D eigenvalue weighted by Crippen LogP contribution is -2.01. The van der Waals surface area contributed by atoms with Gasteiger partial charge in [0.1, 0.15) is 5.75 Å². The highest BCUT2D eigenvalue weighted by molar-refractivity contribution is 5.59. The Labute approximate surface area is 107 Å². The van der Waals surface area contributed by atoms with E-state index in [1.165, 1.54) is 0 Å². The number of anilines is 2. The largest absolute Gasteiger partial charge is 0.493 e. The van der Waals surface area contributed by atoms with Gasteiger partial charge in [-0.1, -0.05) is 6.92 Å². The Balaban J connectivity index is 2.00. The van der Waals surface area contributed by atoms with E-state index in [9.17, 15) is 0 Å². The van der Waals surface area contributed by atoms with Crippen LogP contribution in [0.2, 0.25) is 0 Å². The minimum absolute atomic E-state index is 0.693. The number of nitrogens with one attached hydrogen (secondary N) is 1. The summed E-state index contributed by atoms with van der Waals surface area (Å²) in [5.41, 5.74) is 8.57. The van der Waals surface area contributed by atoms with Crippen LogP contribution < -0.4 is 15.8 Å². The molecule has 0 radical (unpaired) electrons. The van der Waals surface area contributed by atoms with Crippen molar-refractivity contribution in [2.24, 2.45) is 0 Å². The summed E-state index contributed by atoms with van der Waals surface area (Å²) in [5.74, 6) is 0.798. The van der Waals surface area contributed by atoms with Crippen molar-refractivity contribution in [2.45, 2.75) is 19.9 Å². The predicted octanol–water partition coefficient (Wildman–Crippen LogP) is 3.26. The summed E-state index contributed by atoms with van der Waals surface area (Å²) in [4.78, 5) is 0. The molecule has 0 atom stereocenters. The van der Waals surface area contributed by atoms with Crippen LogP contribution in [0, 0.1) is 0 Å². The molecule has 0 saturated heterocycles. The second-order valence-corrected chi connectivity index (χ2v) is 4.12. The summed E-state index contributed by atoms with van der Waals surface area (Å²) in [6.45, 7) is 3.47. The maximum Gasteiger partial charge on any atom is 0.123 e. The van der Waals surface area contributed by atoms with E-state index in [1.807, 2.05) is 24.3 Å². The van der Waals surface area contributed by atoms with E-state index in [1.54, 1.807) is 12.5 Å². The standard InChI is InChI=1S/C14H18N2O2/c1-2-4-18-14-7-12(15)6-13(8-14)16-9-11-3-5-17-10-11/h3,5-8,10,16H,2,4,9,15H2,1H3. The van der Waals surface area contributed by atoms with Gasteiger partial charge in [-0.15, -0.1) is 0 Å². The van der Waals surface area contributed by atoms with Crippen molar-refractivity contribution >= 4 is 11.4 Å². The first-order valence-corrected chi connectivity index (χ1v) is 6.06. The van der Waals surface area contributed by atoms with Gasteiger partial charge in [0.25, 0.3) is 0 Å². The molecule has 4 nitrogen and oxygen atoms in total. The molecule has 0 aliphatic heterocycles. The van der Waals surface area contributed by atoms with Gasteiger partial charge in [-0.25, -0.2) is 0 Å². The van der Waals surface area contributed by atoms with E-state index in [0.29, 0.717) is 18.8 Å². The van der Waals surface area contributed by atoms with Crippen molar-refractivity contribution < 1.29 is 9.15 Å². The summed E-state index contributed by atoms with van der Waals surface area (Å²) in [6.07, 6.45) is 4.35. The molecule has 18 heavy (non-hydrogen) atoms. The third-order valence-corrected chi connectivity index (χ3v) is 2.48. The Morgan fingerprint density at radius 2 is 2.22 bits per heavy atom. The number of ether oxygens (including phenoxy) is 1. The minimum Gasteiger partial charge on any atom is -0.493 e. The van der Waals surface area contributed by atoms with Crippen molar-refractivity contribution in [3.63, 3.8) is 0 Å². The van der Waals surface area contributed by atoms with Gasteiger partial charge in [0.15, 0.2) is 0 Å². The molecule has 3 N–H and O–H groups in total. The van der Waals surface area contributed by atoms with E-state index in [4.69, 9.17) is 14.9 Å².